The zero-order valence-electron chi connectivity index (χ0n) is 10.3. The summed E-state index contributed by atoms with van der Waals surface area (Å²) in [5.41, 5.74) is 1.23. The Labute approximate surface area is 108 Å². The molecular formula is C13H20ClNO2. The average molecular weight is 258 g/mol. The minimum Gasteiger partial charge on any atom is -0.395 e. The average Bonchev–Trinajstić information content (AvgIpc) is 2.31. The Morgan fingerprint density at radius 3 is 2.53 bits per heavy atom. The van der Waals surface area contributed by atoms with Gasteiger partial charge in [-0.25, -0.2) is 0 Å². The van der Waals surface area contributed by atoms with Crippen LogP contribution in [0.4, 0.5) is 0 Å². The number of hydrogen-bond donors (Lipinski definition) is 2. The van der Waals surface area contributed by atoms with E-state index in [0.717, 1.165) is 11.4 Å². The van der Waals surface area contributed by atoms with E-state index in [1.807, 2.05) is 24.3 Å². The van der Waals surface area contributed by atoms with Crippen LogP contribution < -0.4 is 5.32 Å². The highest BCUT2D eigenvalue weighted by Crippen LogP contribution is 2.11. The first-order chi connectivity index (χ1) is 8.15. The Hall–Kier alpha value is -0.610. The largest absolute Gasteiger partial charge is 0.395 e. The quantitative estimate of drug-likeness (QED) is 0.784. The summed E-state index contributed by atoms with van der Waals surface area (Å²) < 4.78 is 5.02. The van der Waals surface area contributed by atoms with Crippen molar-refractivity contribution in [3.05, 3.63) is 34.9 Å². The van der Waals surface area contributed by atoms with Crippen molar-refractivity contribution in [3.8, 4) is 0 Å². The van der Waals surface area contributed by atoms with Crippen molar-refractivity contribution in [2.24, 2.45) is 0 Å². The van der Waals surface area contributed by atoms with E-state index in [1.165, 1.54) is 5.56 Å². The van der Waals surface area contributed by atoms with Crippen LogP contribution >= 0.6 is 11.6 Å². The van der Waals surface area contributed by atoms with Gasteiger partial charge >= 0.3 is 0 Å². The molecule has 0 saturated heterocycles. The van der Waals surface area contributed by atoms with Crippen LogP contribution in [0.2, 0.25) is 5.02 Å². The number of nitrogens with one attached hydrogen (secondary N) is 1. The molecule has 0 aliphatic rings. The molecule has 17 heavy (non-hydrogen) atoms. The molecule has 0 aromatic heterocycles. The van der Waals surface area contributed by atoms with Crippen molar-refractivity contribution in [3.63, 3.8) is 0 Å². The molecule has 0 fully saturated rings. The Balaban J connectivity index is 2.42. The van der Waals surface area contributed by atoms with Gasteiger partial charge in [0, 0.05) is 18.2 Å². The van der Waals surface area contributed by atoms with E-state index < -0.39 is 0 Å². The normalized spacial score (nSPS) is 14.6. The third kappa shape index (κ3) is 5.50. The summed E-state index contributed by atoms with van der Waals surface area (Å²) in [5, 5.41) is 13.2. The zero-order chi connectivity index (χ0) is 12.7. The fourth-order valence-electron chi connectivity index (χ4n) is 1.79. The van der Waals surface area contributed by atoms with Crippen LogP contribution in [0, 0.1) is 0 Å². The number of rotatable bonds is 7. The minimum absolute atomic E-state index is 0.0118. The number of methoxy groups -OCH3 is 1. The molecular weight excluding hydrogens is 238 g/mol. The van der Waals surface area contributed by atoms with Crippen molar-refractivity contribution in [2.45, 2.75) is 25.4 Å². The van der Waals surface area contributed by atoms with E-state index in [-0.39, 0.29) is 18.7 Å². The fraction of sp³-hybridized carbons (Fsp3) is 0.538. The second-order valence-electron chi connectivity index (χ2n) is 4.23. The van der Waals surface area contributed by atoms with Crippen molar-refractivity contribution >= 4 is 11.6 Å². The first-order valence-electron chi connectivity index (χ1n) is 5.76. The van der Waals surface area contributed by atoms with Crippen molar-refractivity contribution < 1.29 is 9.84 Å². The summed E-state index contributed by atoms with van der Waals surface area (Å²) in [6, 6.07) is 8.09. The van der Waals surface area contributed by atoms with Crippen LogP contribution in [0.3, 0.4) is 0 Å². The molecule has 0 aliphatic heterocycles. The van der Waals surface area contributed by atoms with Gasteiger partial charge in [0.15, 0.2) is 0 Å². The molecule has 2 N–H and O–H groups in total. The summed E-state index contributed by atoms with van der Waals surface area (Å²) in [4.78, 5) is 0. The maximum Gasteiger partial charge on any atom is 0.0638 e. The molecule has 0 aliphatic carbocycles. The van der Waals surface area contributed by atoms with E-state index in [9.17, 15) is 0 Å². The molecule has 2 atom stereocenters. The van der Waals surface area contributed by atoms with Crippen LogP contribution in [0.25, 0.3) is 0 Å². The van der Waals surface area contributed by atoms with E-state index in [0.29, 0.717) is 6.61 Å². The molecule has 1 aromatic rings. The van der Waals surface area contributed by atoms with E-state index in [2.05, 4.69) is 12.2 Å². The van der Waals surface area contributed by atoms with Crippen LogP contribution in [-0.2, 0) is 11.2 Å². The molecule has 2 unspecified atom stereocenters. The first kappa shape index (κ1) is 14.5. The standard InChI is InChI=1S/C13H20ClNO2/c1-10(15-13(8-16)9-17-2)7-11-3-5-12(14)6-4-11/h3-6,10,13,15-16H,7-9H2,1-2H3. The summed E-state index contributed by atoms with van der Waals surface area (Å²) in [6.45, 7) is 2.69. The lowest BCUT2D eigenvalue weighted by Gasteiger charge is -2.21. The molecule has 0 bridgehead atoms. The van der Waals surface area contributed by atoms with Gasteiger partial charge in [0.1, 0.15) is 0 Å². The number of benzene rings is 1. The summed E-state index contributed by atoms with van der Waals surface area (Å²) in [5.74, 6) is 0. The van der Waals surface area contributed by atoms with Gasteiger partial charge in [0.2, 0.25) is 0 Å². The Bertz CT molecular complexity index is 316. The minimum atomic E-state index is -0.0118. The van der Waals surface area contributed by atoms with Crippen LogP contribution in [0.15, 0.2) is 24.3 Å². The van der Waals surface area contributed by atoms with Gasteiger partial charge in [-0.2, -0.15) is 0 Å². The van der Waals surface area contributed by atoms with Gasteiger partial charge in [-0.3, -0.25) is 0 Å². The number of hydrogen-bond acceptors (Lipinski definition) is 3. The predicted molar refractivity (Wildman–Crippen MR) is 70.5 cm³/mol. The lowest BCUT2D eigenvalue weighted by atomic mass is 10.1. The van der Waals surface area contributed by atoms with Gasteiger partial charge in [-0.05, 0) is 31.0 Å². The molecule has 1 rings (SSSR count). The second-order valence-corrected chi connectivity index (χ2v) is 4.67. The maximum atomic E-state index is 9.15. The van der Waals surface area contributed by atoms with Crippen molar-refractivity contribution in [2.75, 3.05) is 20.3 Å². The molecule has 0 heterocycles. The summed E-state index contributed by atoms with van der Waals surface area (Å²) in [7, 11) is 1.63. The molecule has 96 valence electrons. The van der Waals surface area contributed by atoms with Gasteiger partial charge in [0.05, 0.1) is 19.3 Å². The van der Waals surface area contributed by atoms with E-state index >= 15 is 0 Å². The van der Waals surface area contributed by atoms with E-state index in [4.69, 9.17) is 21.4 Å². The van der Waals surface area contributed by atoms with E-state index in [1.54, 1.807) is 7.11 Å². The molecule has 0 radical (unpaired) electrons. The van der Waals surface area contributed by atoms with Gasteiger partial charge in [0.25, 0.3) is 0 Å². The highest BCUT2D eigenvalue weighted by atomic mass is 35.5. The van der Waals surface area contributed by atoms with Crippen molar-refractivity contribution in [1.82, 2.24) is 5.32 Å². The lowest BCUT2D eigenvalue weighted by molar-refractivity contribution is 0.123. The highest BCUT2D eigenvalue weighted by molar-refractivity contribution is 6.30. The third-order valence-electron chi connectivity index (χ3n) is 2.56. The first-order valence-corrected chi connectivity index (χ1v) is 6.13. The van der Waals surface area contributed by atoms with Crippen LogP contribution in [0.5, 0.6) is 0 Å². The zero-order valence-corrected chi connectivity index (χ0v) is 11.1. The molecule has 0 spiro atoms. The van der Waals surface area contributed by atoms with Gasteiger partial charge in [-0.15, -0.1) is 0 Å². The Kier molecular flexibility index (Phi) is 6.52. The maximum absolute atomic E-state index is 9.15. The predicted octanol–water partition coefficient (Wildman–Crippen LogP) is 1.87. The number of aliphatic hydroxyl groups excluding tert-OH is 1. The molecule has 0 saturated carbocycles. The molecule has 3 nitrogen and oxygen atoms in total. The van der Waals surface area contributed by atoms with Crippen LogP contribution in [0.1, 0.15) is 12.5 Å². The monoisotopic (exact) mass is 257 g/mol. The summed E-state index contributed by atoms with van der Waals surface area (Å²) >= 11 is 5.83. The highest BCUT2D eigenvalue weighted by Gasteiger charge is 2.11. The van der Waals surface area contributed by atoms with Gasteiger partial charge < -0.3 is 15.2 Å². The molecule has 0 amide bonds. The smallest absolute Gasteiger partial charge is 0.0638 e. The second kappa shape index (κ2) is 7.67. The van der Waals surface area contributed by atoms with Gasteiger partial charge in [-0.1, -0.05) is 23.7 Å². The van der Waals surface area contributed by atoms with Crippen LogP contribution in [-0.4, -0.2) is 37.5 Å². The third-order valence-corrected chi connectivity index (χ3v) is 2.82. The molecule has 4 heteroatoms. The Morgan fingerprint density at radius 2 is 2.00 bits per heavy atom. The topological polar surface area (TPSA) is 41.5 Å². The fourth-order valence-corrected chi connectivity index (χ4v) is 1.92. The van der Waals surface area contributed by atoms with Crippen molar-refractivity contribution in [1.29, 1.82) is 0 Å². The number of ether oxygens (including phenoxy) is 1. The molecule has 1 aromatic carbocycles. The Morgan fingerprint density at radius 1 is 1.35 bits per heavy atom. The SMILES string of the molecule is COCC(CO)NC(C)Cc1ccc(Cl)cc1. The number of aliphatic hydroxyl groups is 1. The summed E-state index contributed by atoms with van der Waals surface area (Å²) in [6.07, 6.45) is 0.900. The lowest BCUT2D eigenvalue weighted by Crippen LogP contribution is -2.42. The number of halogens is 1.